The molecule has 2 heteroatoms. The van der Waals surface area contributed by atoms with Crippen molar-refractivity contribution in [3.8, 4) is 0 Å². The predicted molar refractivity (Wildman–Crippen MR) is 55.2 cm³/mol. The summed E-state index contributed by atoms with van der Waals surface area (Å²) >= 11 is 5.45. The van der Waals surface area contributed by atoms with Crippen molar-refractivity contribution in [2.75, 3.05) is 0 Å². The van der Waals surface area contributed by atoms with Gasteiger partial charge >= 0.3 is 0 Å². The molecular formula is C11H13ClO. The van der Waals surface area contributed by atoms with Crippen LogP contribution in [0.3, 0.4) is 0 Å². The highest BCUT2D eigenvalue weighted by atomic mass is 35.5. The highest BCUT2D eigenvalue weighted by Gasteiger charge is 2.08. The van der Waals surface area contributed by atoms with Crippen LogP contribution < -0.4 is 0 Å². The van der Waals surface area contributed by atoms with Crippen molar-refractivity contribution in [1.29, 1.82) is 0 Å². The van der Waals surface area contributed by atoms with E-state index in [0.717, 1.165) is 12.0 Å². The second-order valence-electron chi connectivity index (χ2n) is 3.53. The molecule has 0 saturated heterocycles. The Morgan fingerprint density at radius 3 is 2.54 bits per heavy atom. The third-order valence-electron chi connectivity index (χ3n) is 1.86. The number of rotatable bonds is 3. The molecule has 1 aromatic rings. The summed E-state index contributed by atoms with van der Waals surface area (Å²) in [6.07, 6.45) is 0.897. The molecule has 70 valence electrons. The van der Waals surface area contributed by atoms with Crippen molar-refractivity contribution in [3.05, 3.63) is 35.4 Å². The zero-order valence-electron chi connectivity index (χ0n) is 7.88. The van der Waals surface area contributed by atoms with E-state index >= 15 is 0 Å². The Morgan fingerprint density at radius 2 is 2.00 bits per heavy atom. The van der Waals surface area contributed by atoms with Crippen molar-refractivity contribution in [2.24, 2.45) is 5.92 Å². The van der Waals surface area contributed by atoms with Gasteiger partial charge < -0.3 is 0 Å². The first-order valence-corrected chi connectivity index (χ1v) is 4.76. The van der Waals surface area contributed by atoms with Crippen LogP contribution in [0.5, 0.6) is 0 Å². The summed E-state index contributed by atoms with van der Waals surface area (Å²) < 4.78 is 0. The largest absolute Gasteiger partial charge is 0.276 e. The van der Waals surface area contributed by atoms with Crippen LogP contribution in [0.2, 0.25) is 0 Å². The maximum absolute atomic E-state index is 11.0. The molecule has 0 atom stereocenters. The van der Waals surface area contributed by atoms with Crippen molar-refractivity contribution in [2.45, 2.75) is 20.3 Å². The van der Waals surface area contributed by atoms with Gasteiger partial charge in [-0.15, -0.1) is 0 Å². The lowest BCUT2D eigenvalue weighted by Gasteiger charge is -2.07. The van der Waals surface area contributed by atoms with Gasteiger partial charge in [0.15, 0.2) is 0 Å². The maximum Gasteiger partial charge on any atom is 0.252 e. The molecule has 0 aliphatic heterocycles. The van der Waals surface area contributed by atoms with E-state index in [2.05, 4.69) is 13.8 Å². The number of halogens is 1. The molecule has 0 saturated carbocycles. The fraction of sp³-hybridized carbons (Fsp3) is 0.364. The standard InChI is InChI=1S/C11H13ClO/c1-8(2)7-9-5-3-4-6-10(9)11(12)13/h3-6,8H,7H2,1-2H3. The number of carbonyl (C=O) groups excluding carboxylic acids is 1. The summed E-state index contributed by atoms with van der Waals surface area (Å²) in [7, 11) is 0. The highest BCUT2D eigenvalue weighted by Crippen LogP contribution is 2.15. The third-order valence-corrected chi connectivity index (χ3v) is 2.06. The Labute approximate surface area is 83.7 Å². The zero-order chi connectivity index (χ0) is 9.84. The summed E-state index contributed by atoms with van der Waals surface area (Å²) in [6, 6.07) is 7.49. The van der Waals surface area contributed by atoms with Crippen LogP contribution in [-0.2, 0) is 6.42 Å². The molecule has 0 unspecified atom stereocenters. The van der Waals surface area contributed by atoms with E-state index in [0.29, 0.717) is 11.5 Å². The topological polar surface area (TPSA) is 17.1 Å². The molecule has 0 aliphatic rings. The minimum absolute atomic E-state index is 0.365. The van der Waals surface area contributed by atoms with Gasteiger partial charge in [0.1, 0.15) is 0 Å². The lowest BCUT2D eigenvalue weighted by atomic mass is 9.99. The molecule has 0 N–H and O–H groups in total. The van der Waals surface area contributed by atoms with Crippen LogP contribution >= 0.6 is 11.6 Å². The van der Waals surface area contributed by atoms with Gasteiger partial charge in [-0.05, 0) is 35.6 Å². The highest BCUT2D eigenvalue weighted by molar-refractivity contribution is 6.67. The van der Waals surface area contributed by atoms with Crippen molar-refractivity contribution < 1.29 is 4.79 Å². The van der Waals surface area contributed by atoms with Gasteiger partial charge in [-0.3, -0.25) is 4.79 Å². The fourth-order valence-electron chi connectivity index (χ4n) is 1.33. The van der Waals surface area contributed by atoms with Crippen molar-refractivity contribution in [1.82, 2.24) is 0 Å². The molecule has 0 amide bonds. The van der Waals surface area contributed by atoms with E-state index in [1.165, 1.54) is 0 Å². The Morgan fingerprint density at radius 1 is 1.38 bits per heavy atom. The fourth-order valence-corrected chi connectivity index (χ4v) is 1.51. The SMILES string of the molecule is CC(C)Cc1ccccc1C(=O)Cl. The molecule has 0 heterocycles. The minimum Gasteiger partial charge on any atom is -0.276 e. The van der Waals surface area contributed by atoms with E-state index in [-0.39, 0.29) is 5.24 Å². The molecule has 0 radical (unpaired) electrons. The molecule has 13 heavy (non-hydrogen) atoms. The summed E-state index contributed by atoms with van der Waals surface area (Å²) in [5, 5.41) is -0.365. The summed E-state index contributed by atoms with van der Waals surface area (Å²) in [5.74, 6) is 0.539. The van der Waals surface area contributed by atoms with Gasteiger partial charge in [0.2, 0.25) is 0 Å². The average Bonchev–Trinajstić information content (AvgIpc) is 2.03. The van der Waals surface area contributed by atoms with Crippen LogP contribution in [0.1, 0.15) is 29.8 Å². The first-order valence-electron chi connectivity index (χ1n) is 4.39. The van der Waals surface area contributed by atoms with Crippen molar-refractivity contribution in [3.63, 3.8) is 0 Å². The molecular weight excluding hydrogens is 184 g/mol. The molecule has 0 spiro atoms. The van der Waals surface area contributed by atoms with Crippen LogP contribution in [0.15, 0.2) is 24.3 Å². The first-order chi connectivity index (χ1) is 6.11. The lowest BCUT2D eigenvalue weighted by molar-refractivity contribution is 0.108. The minimum atomic E-state index is -0.365. The Hall–Kier alpha value is -0.820. The number of carbonyl (C=O) groups is 1. The molecule has 0 aliphatic carbocycles. The van der Waals surface area contributed by atoms with Gasteiger partial charge in [0.25, 0.3) is 5.24 Å². The molecule has 0 fully saturated rings. The second kappa shape index (κ2) is 4.43. The van der Waals surface area contributed by atoms with E-state index in [1.54, 1.807) is 6.07 Å². The van der Waals surface area contributed by atoms with Gasteiger partial charge in [0, 0.05) is 5.56 Å². The predicted octanol–water partition coefficient (Wildman–Crippen LogP) is 3.26. The van der Waals surface area contributed by atoms with Crippen LogP contribution in [0.4, 0.5) is 0 Å². The lowest BCUT2D eigenvalue weighted by Crippen LogP contribution is -2.01. The number of hydrogen-bond donors (Lipinski definition) is 0. The average molecular weight is 197 g/mol. The Bertz CT molecular complexity index is 305. The summed E-state index contributed by atoms with van der Waals surface area (Å²) in [6.45, 7) is 4.24. The van der Waals surface area contributed by atoms with Gasteiger partial charge in [0.05, 0.1) is 0 Å². The smallest absolute Gasteiger partial charge is 0.252 e. The third kappa shape index (κ3) is 2.85. The molecule has 0 bridgehead atoms. The number of benzene rings is 1. The summed E-state index contributed by atoms with van der Waals surface area (Å²) in [4.78, 5) is 11.0. The molecule has 1 aromatic carbocycles. The monoisotopic (exact) mass is 196 g/mol. The summed E-state index contributed by atoms with van der Waals surface area (Å²) in [5.41, 5.74) is 1.68. The van der Waals surface area contributed by atoms with Crippen molar-refractivity contribution >= 4 is 16.8 Å². The Kier molecular flexibility index (Phi) is 3.49. The van der Waals surface area contributed by atoms with E-state index in [4.69, 9.17) is 11.6 Å². The molecule has 1 nitrogen and oxygen atoms in total. The second-order valence-corrected chi connectivity index (χ2v) is 3.87. The van der Waals surface area contributed by atoms with E-state index in [9.17, 15) is 4.79 Å². The molecule has 0 aromatic heterocycles. The normalized spacial score (nSPS) is 10.5. The van der Waals surface area contributed by atoms with Gasteiger partial charge in [-0.1, -0.05) is 32.0 Å². The maximum atomic E-state index is 11.0. The molecule has 1 rings (SSSR count). The van der Waals surface area contributed by atoms with Gasteiger partial charge in [-0.25, -0.2) is 0 Å². The quantitative estimate of drug-likeness (QED) is 0.679. The number of hydrogen-bond acceptors (Lipinski definition) is 1. The van der Waals surface area contributed by atoms with Crippen LogP contribution in [0, 0.1) is 5.92 Å². The van der Waals surface area contributed by atoms with Gasteiger partial charge in [-0.2, -0.15) is 0 Å². The van der Waals surface area contributed by atoms with E-state index < -0.39 is 0 Å². The Balaban J connectivity index is 2.98. The van der Waals surface area contributed by atoms with E-state index in [1.807, 2.05) is 18.2 Å². The van der Waals surface area contributed by atoms with Crippen LogP contribution in [0.25, 0.3) is 0 Å². The van der Waals surface area contributed by atoms with Crippen LogP contribution in [-0.4, -0.2) is 5.24 Å². The zero-order valence-corrected chi connectivity index (χ0v) is 8.64. The first kappa shape index (κ1) is 10.3.